The van der Waals surface area contributed by atoms with Crippen LogP contribution in [0.4, 0.5) is 4.39 Å². The molecule has 0 fully saturated rings. The van der Waals surface area contributed by atoms with E-state index in [1.807, 2.05) is 0 Å². The van der Waals surface area contributed by atoms with Crippen molar-refractivity contribution < 1.29 is 9.13 Å². The van der Waals surface area contributed by atoms with Crippen LogP contribution in [0.25, 0.3) is 0 Å². The largest absolute Gasteiger partial charge is 0.496 e. The molecular formula is C13H10FN3O. The number of methoxy groups -OCH3 is 1. The Morgan fingerprint density at radius 1 is 1.39 bits per heavy atom. The Labute approximate surface area is 104 Å². The van der Waals surface area contributed by atoms with Gasteiger partial charge < -0.3 is 4.74 Å². The van der Waals surface area contributed by atoms with Gasteiger partial charge in [-0.25, -0.2) is 14.4 Å². The maximum atomic E-state index is 13.3. The number of benzene rings is 1. The van der Waals surface area contributed by atoms with Crippen LogP contribution in [0, 0.1) is 17.1 Å². The lowest BCUT2D eigenvalue weighted by atomic mass is 9.96. The van der Waals surface area contributed by atoms with E-state index in [0.29, 0.717) is 17.0 Å². The molecule has 0 radical (unpaired) electrons. The molecule has 0 aliphatic carbocycles. The summed E-state index contributed by atoms with van der Waals surface area (Å²) in [6.07, 6.45) is 2.89. The number of halogens is 1. The van der Waals surface area contributed by atoms with Crippen LogP contribution in [0.5, 0.6) is 5.75 Å². The average molecular weight is 243 g/mol. The van der Waals surface area contributed by atoms with Crippen LogP contribution in [0.1, 0.15) is 17.2 Å². The van der Waals surface area contributed by atoms with Crippen molar-refractivity contribution in [1.82, 2.24) is 9.97 Å². The molecule has 0 aliphatic heterocycles. The zero-order chi connectivity index (χ0) is 13.0. The second kappa shape index (κ2) is 5.23. The van der Waals surface area contributed by atoms with Gasteiger partial charge in [-0.1, -0.05) is 0 Å². The number of nitrogens with zero attached hydrogens (tertiary/aromatic N) is 3. The summed E-state index contributed by atoms with van der Waals surface area (Å²) >= 11 is 0. The highest BCUT2D eigenvalue weighted by atomic mass is 19.1. The van der Waals surface area contributed by atoms with Gasteiger partial charge in [0, 0.05) is 11.8 Å². The molecule has 0 N–H and O–H groups in total. The first-order valence-electron chi connectivity index (χ1n) is 5.25. The molecule has 90 valence electrons. The standard InChI is InChI=1S/C13H10FN3O/c1-18-13-3-2-9(14)6-10(13)11(7-15)12-4-5-16-8-17-12/h2-6,8,11H,1H3. The van der Waals surface area contributed by atoms with Gasteiger partial charge in [-0.15, -0.1) is 0 Å². The summed E-state index contributed by atoms with van der Waals surface area (Å²) in [6, 6.07) is 7.79. The molecule has 0 spiro atoms. The van der Waals surface area contributed by atoms with Gasteiger partial charge in [0.15, 0.2) is 0 Å². The molecule has 0 saturated heterocycles. The van der Waals surface area contributed by atoms with E-state index in [1.165, 1.54) is 31.6 Å². The summed E-state index contributed by atoms with van der Waals surface area (Å²) in [5, 5.41) is 9.26. The Morgan fingerprint density at radius 3 is 2.83 bits per heavy atom. The lowest BCUT2D eigenvalue weighted by molar-refractivity contribution is 0.408. The molecule has 2 rings (SSSR count). The van der Waals surface area contributed by atoms with Gasteiger partial charge in [-0.2, -0.15) is 5.26 Å². The molecule has 18 heavy (non-hydrogen) atoms. The Kier molecular flexibility index (Phi) is 3.49. The summed E-state index contributed by atoms with van der Waals surface area (Å²) in [5.41, 5.74) is 0.968. The third-order valence-corrected chi connectivity index (χ3v) is 2.53. The minimum atomic E-state index is -0.682. The zero-order valence-electron chi connectivity index (χ0n) is 9.67. The lowest BCUT2D eigenvalue weighted by Gasteiger charge is -2.13. The molecule has 0 amide bonds. The van der Waals surface area contributed by atoms with E-state index >= 15 is 0 Å². The highest BCUT2D eigenvalue weighted by Gasteiger charge is 2.19. The molecule has 1 atom stereocenters. The third-order valence-electron chi connectivity index (χ3n) is 2.53. The maximum Gasteiger partial charge on any atom is 0.123 e. The molecule has 4 nitrogen and oxygen atoms in total. The molecule has 1 unspecified atom stereocenters. The van der Waals surface area contributed by atoms with Crippen molar-refractivity contribution in [2.75, 3.05) is 7.11 Å². The zero-order valence-corrected chi connectivity index (χ0v) is 9.67. The molecule has 1 heterocycles. The molecule has 5 heteroatoms. The smallest absolute Gasteiger partial charge is 0.123 e. The molecular weight excluding hydrogens is 233 g/mol. The van der Waals surface area contributed by atoms with Crippen molar-refractivity contribution in [1.29, 1.82) is 5.26 Å². The SMILES string of the molecule is COc1ccc(F)cc1C(C#N)c1ccncn1. The van der Waals surface area contributed by atoms with Crippen LogP contribution in [0.2, 0.25) is 0 Å². The Morgan fingerprint density at radius 2 is 2.22 bits per heavy atom. The van der Waals surface area contributed by atoms with E-state index in [-0.39, 0.29) is 0 Å². The molecule has 1 aromatic heterocycles. The Balaban J connectivity index is 2.52. The number of aromatic nitrogens is 2. The topological polar surface area (TPSA) is 58.8 Å². The highest BCUT2D eigenvalue weighted by Crippen LogP contribution is 2.30. The monoisotopic (exact) mass is 243 g/mol. The predicted molar refractivity (Wildman–Crippen MR) is 62.4 cm³/mol. The first kappa shape index (κ1) is 12.0. The minimum Gasteiger partial charge on any atom is -0.496 e. The van der Waals surface area contributed by atoms with Crippen LogP contribution in [0.15, 0.2) is 36.8 Å². The Hall–Kier alpha value is -2.48. The first-order valence-corrected chi connectivity index (χ1v) is 5.25. The fraction of sp³-hybridized carbons (Fsp3) is 0.154. The van der Waals surface area contributed by atoms with Crippen molar-refractivity contribution in [2.45, 2.75) is 5.92 Å². The number of hydrogen-bond donors (Lipinski definition) is 0. The average Bonchev–Trinajstić information content (AvgIpc) is 2.41. The van der Waals surface area contributed by atoms with E-state index in [9.17, 15) is 9.65 Å². The fourth-order valence-corrected chi connectivity index (χ4v) is 1.70. The second-order valence-corrected chi connectivity index (χ2v) is 3.58. The minimum absolute atomic E-state index is 0.417. The lowest BCUT2D eigenvalue weighted by Crippen LogP contribution is -2.04. The first-order chi connectivity index (χ1) is 8.76. The number of ether oxygens (including phenoxy) is 1. The molecule has 0 bridgehead atoms. The normalized spacial score (nSPS) is 11.6. The van der Waals surface area contributed by atoms with E-state index < -0.39 is 11.7 Å². The van der Waals surface area contributed by atoms with Gasteiger partial charge in [0.1, 0.15) is 23.8 Å². The van der Waals surface area contributed by atoms with E-state index in [1.54, 1.807) is 12.3 Å². The van der Waals surface area contributed by atoms with Gasteiger partial charge in [0.05, 0.1) is 18.9 Å². The fourth-order valence-electron chi connectivity index (χ4n) is 1.70. The van der Waals surface area contributed by atoms with Crippen LogP contribution in [-0.2, 0) is 0 Å². The molecule has 0 saturated carbocycles. The van der Waals surface area contributed by atoms with Crippen molar-refractivity contribution >= 4 is 0 Å². The summed E-state index contributed by atoms with van der Waals surface area (Å²) in [7, 11) is 1.48. The van der Waals surface area contributed by atoms with Crippen molar-refractivity contribution in [3.05, 3.63) is 53.9 Å². The third kappa shape index (κ3) is 2.28. The summed E-state index contributed by atoms with van der Waals surface area (Å²) in [6.45, 7) is 0. The van der Waals surface area contributed by atoms with Crippen LogP contribution >= 0.6 is 0 Å². The van der Waals surface area contributed by atoms with E-state index in [4.69, 9.17) is 4.74 Å². The summed E-state index contributed by atoms with van der Waals surface area (Å²) < 4.78 is 18.4. The summed E-state index contributed by atoms with van der Waals surface area (Å²) in [5.74, 6) is -0.639. The van der Waals surface area contributed by atoms with E-state index in [0.717, 1.165) is 0 Å². The van der Waals surface area contributed by atoms with Gasteiger partial charge in [0.2, 0.25) is 0 Å². The molecule has 0 aliphatic rings. The van der Waals surface area contributed by atoms with Crippen LogP contribution in [0.3, 0.4) is 0 Å². The summed E-state index contributed by atoms with van der Waals surface area (Å²) in [4.78, 5) is 7.81. The molecule has 2 aromatic rings. The van der Waals surface area contributed by atoms with Gasteiger partial charge in [0.25, 0.3) is 0 Å². The van der Waals surface area contributed by atoms with E-state index in [2.05, 4.69) is 16.0 Å². The number of hydrogen-bond acceptors (Lipinski definition) is 4. The molecule has 1 aromatic carbocycles. The highest BCUT2D eigenvalue weighted by molar-refractivity contribution is 5.44. The van der Waals surface area contributed by atoms with Crippen molar-refractivity contribution in [2.24, 2.45) is 0 Å². The predicted octanol–water partition coefficient (Wildman–Crippen LogP) is 2.28. The van der Waals surface area contributed by atoms with Gasteiger partial charge in [-0.05, 0) is 24.3 Å². The van der Waals surface area contributed by atoms with Crippen LogP contribution < -0.4 is 4.74 Å². The van der Waals surface area contributed by atoms with Crippen LogP contribution in [-0.4, -0.2) is 17.1 Å². The van der Waals surface area contributed by atoms with Crippen molar-refractivity contribution in [3.63, 3.8) is 0 Å². The number of rotatable bonds is 3. The number of nitriles is 1. The van der Waals surface area contributed by atoms with Crippen molar-refractivity contribution in [3.8, 4) is 11.8 Å². The van der Waals surface area contributed by atoms with Gasteiger partial charge in [-0.3, -0.25) is 0 Å². The van der Waals surface area contributed by atoms with Gasteiger partial charge >= 0.3 is 0 Å². The quantitative estimate of drug-likeness (QED) is 0.829. The second-order valence-electron chi connectivity index (χ2n) is 3.58. The Bertz CT molecular complexity index is 581. The maximum absolute atomic E-state index is 13.3.